The Labute approximate surface area is 133 Å². The van der Waals surface area contributed by atoms with E-state index in [2.05, 4.69) is 39.8 Å². The predicted molar refractivity (Wildman–Crippen MR) is 87.5 cm³/mol. The molecule has 1 saturated heterocycles. The van der Waals surface area contributed by atoms with E-state index in [9.17, 15) is 4.79 Å². The second-order valence-corrected chi connectivity index (χ2v) is 6.77. The van der Waals surface area contributed by atoms with Crippen LogP contribution in [0.15, 0.2) is 18.2 Å². The summed E-state index contributed by atoms with van der Waals surface area (Å²) < 4.78 is 2.08. The monoisotopic (exact) mass is 301 g/mol. The standard InChI is InChI=1S/C18H27N3O/c1-14-12-15(2)21(19-14)13-17-10-6-7-11-20(17)18(22)16-8-4-3-5-9-16/h3-4,12,16-17H,5-11,13H2,1-2H3/t16-,17-/m1/s1. The highest BCUT2D eigenvalue weighted by molar-refractivity contribution is 5.79. The molecular formula is C18H27N3O. The average Bonchev–Trinajstić information content (AvgIpc) is 2.86. The zero-order chi connectivity index (χ0) is 15.5. The van der Waals surface area contributed by atoms with Crippen LogP contribution in [0.3, 0.4) is 0 Å². The first kappa shape index (κ1) is 15.3. The van der Waals surface area contributed by atoms with E-state index in [1.807, 2.05) is 6.92 Å². The van der Waals surface area contributed by atoms with Gasteiger partial charge in [-0.15, -0.1) is 0 Å². The fourth-order valence-corrected chi connectivity index (χ4v) is 3.79. The van der Waals surface area contributed by atoms with Crippen molar-refractivity contribution in [3.63, 3.8) is 0 Å². The van der Waals surface area contributed by atoms with Gasteiger partial charge in [0.05, 0.1) is 18.3 Å². The summed E-state index contributed by atoms with van der Waals surface area (Å²) in [6.45, 7) is 5.89. The SMILES string of the molecule is Cc1cc(C)n(C[C@H]2CCCCN2C(=O)[C@@H]2CC=CCC2)n1. The Hall–Kier alpha value is -1.58. The fraction of sp³-hybridized carbons (Fsp3) is 0.667. The Morgan fingerprint density at radius 2 is 2.14 bits per heavy atom. The van der Waals surface area contributed by atoms with Crippen LogP contribution in [-0.4, -0.2) is 33.2 Å². The van der Waals surface area contributed by atoms with Crippen molar-refractivity contribution < 1.29 is 4.79 Å². The number of aryl methyl sites for hydroxylation is 2. The number of hydrogen-bond donors (Lipinski definition) is 0. The molecule has 0 radical (unpaired) electrons. The van der Waals surface area contributed by atoms with Crippen molar-refractivity contribution in [3.8, 4) is 0 Å². The first-order chi connectivity index (χ1) is 10.6. The number of rotatable bonds is 3. The van der Waals surface area contributed by atoms with Gasteiger partial charge in [0.25, 0.3) is 0 Å². The molecule has 0 bridgehead atoms. The van der Waals surface area contributed by atoms with Crippen LogP contribution < -0.4 is 0 Å². The van der Waals surface area contributed by atoms with Crippen molar-refractivity contribution in [2.75, 3.05) is 6.54 Å². The molecule has 2 aliphatic rings. The summed E-state index contributed by atoms with van der Waals surface area (Å²) in [6.07, 6.45) is 10.8. The van der Waals surface area contributed by atoms with Gasteiger partial charge in [0, 0.05) is 18.2 Å². The van der Waals surface area contributed by atoms with Crippen molar-refractivity contribution in [1.82, 2.24) is 14.7 Å². The summed E-state index contributed by atoms with van der Waals surface area (Å²) in [7, 11) is 0. The first-order valence-corrected chi connectivity index (χ1v) is 8.61. The molecule has 1 amide bonds. The number of piperidine rings is 1. The van der Waals surface area contributed by atoms with Crippen LogP contribution in [0.1, 0.15) is 49.9 Å². The largest absolute Gasteiger partial charge is 0.338 e. The highest BCUT2D eigenvalue weighted by atomic mass is 16.2. The maximum atomic E-state index is 12.9. The molecule has 22 heavy (non-hydrogen) atoms. The molecule has 0 unspecified atom stereocenters. The van der Waals surface area contributed by atoms with Crippen molar-refractivity contribution in [2.24, 2.45) is 5.92 Å². The summed E-state index contributed by atoms with van der Waals surface area (Å²) in [5, 5.41) is 4.58. The topological polar surface area (TPSA) is 38.1 Å². The van der Waals surface area contributed by atoms with Crippen molar-refractivity contribution in [1.29, 1.82) is 0 Å². The highest BCUT2D eigenvalue weighted by Crippen LogP contribution is 2.26. The molecule has 1 aliphatic carbocycles. The lowest BCUT2D eigenvalue weighted by Crippen LogP contribution is -2.48. The van der Waals surface area contributed by atoms with E-state index in [0.717, 1.165) is 50.9 Å². The first-order valence-electron chi connectivity index (χ1n) is 8.61. The number of allylic oxidation sites excluding steroid dienone is 2. The molecule has 0 saturated carbocycles. The molecule has 0 aromatic carbocycles. The third kappa shape index (κ3) is 3.26. The summed E-state index contributed by atoms with van der Waals surface area (Å²) in [4.78, 5) is 15.1. The number of carbonyl (C=O) groups excluding carboxylic acids is 1. The second-order valence-electron chi connectivity index (χ2n) is 6.77. The average molecular weight is 301 g/mol. The van der Waals surface area contributed by atoms with Gasteiger partial charge in [0.1, 0.15) is 0 Å². The van der Waals surface area contributed by atoms with E-state index in [4.69, 9.17) is 0 Å². The van der Waals surface area contributed by atoms with Gasteiger partial charge in [-0.05, 0) is 58.4 Å². The number of likely N-dealkylation sites (tertiary alicyclic amines) is 1. The Morgan fingerprint density at radius 3 is 2.82 bits per heavy atom. The van der Waals surface area contributed by atoms with Gasteiger partial charge in [-0.2, -0.15) is 5.10 Å². The highest BCUT2D eigenvalue weighted by Gasteiger charge is 2.31. The molecule has 1 fully saturated rings. The molecule has 2 atom stereocenters. The minimum Gasteiger partial charge on any atom is -0.338 e. The second kappa shape index (κ2) is 6.67. The van der Waals surface area contributed by atoms with Gasteiger partial charge in [0.15, 0.2) is 0 Å². The van der Waals surface area contributed by atoms with Crippen LogP contribution in [-0.2, 0) is 11.3 Å². The van der Waals surface area contributed by atoms with Crippen LogP contribution in [0.5, 0.6) is 0 Å². The number of amides is 1. The van der Waals surface area contributed by atoms with Crippen molar-refractivity contribution in [2.45, 2.75) is 65.0 Å². The van der Waals surface area contributed by atoms with E-state index in [1.54, 1.807) is 0 Å². The molecule has 4 heteroatoms. The lowest BCUT2D eigenvalue weighted by atomic mass is 9.91. The fourth-order valence-electron chi connectivity index (χ4n) is 3.79. The molecule has 1 aliphatic heterocycles. The lowest BCUT2D eigenvalue weighted by Gasteiger charge is -2.38. The molecule has 3 rings (SSSR count). The minimum absolute atomic E-state index is 0.200. The van der Waals surface area contributed by atoms with Crippen molar-refractivity contribution in [3.05, 3.63) is 29.6 Å². The van der Waals surface area contributed by atoms with E-state index in [-0.39, 0.29) is 5.92 Å². The van der Waals surface area contributed by atoms with E-state index in [0.29, 0.717) is 11.9 Å². The molecule has 1 aromatic rings. The molecular weight excluding hydrogens is 274 g/mol. The van der Waals surface area contributed by atoms with Gasteiger partial charge in [-0.25, -0.2) is 0 Å². The van der Waals surface area contributed by atoms with Crippen LogP contribution in [0.4, 0.5) is 0 Å². The third-order valence-electron chi connectivity index (χ3n) is 5.02. The maximum absolute atomic E-state index is 12.9. The van der Waals surface area contributed by atoms with Crippen LogP contribution in [0.2, 0.25) is 0 Å². The Kier molecular flexibility index (Phi) is 4.65. The quantitative estimate of drug-likeness (QED) is 0.804. The van der Waals surface area contributed by atoms with Crippen LogP contribution >= 0.6 is 0 Å². The Bertz CT molecular complexity index is 561. The lowest BCUT2D eigenvalue weighted by molar-refractivity contribution is -0.140. The molecule has 0 spiro atoms. The predicted octanol–water partition coefficient (Wildman–Crippen LogP) is 3.24. The van der Waals surface area contributed by atoms with Gasteiger partial charge >= 0.3 is 0 Å². The van der Waals surface area contributed by atoms with E-state index < -0.39 is 0 Å². The molecule has 4 nitrogen and oxygen atoms in total. The summed E-state index contributed by atoms with van der Waals surface area (Å²) in [6, 6.07) is 2.42. The zero-order valence-electron chi connectivity index (χ0n) is 13.8. The van der Waals surface area contributed by atoms with Gasteiger partial charge in [0.2, 0.25) is 5.91 Å². The van der Waals surface area contributed by atoms with E-state index >= 15 is 0 Å². The third-order valence-corrected chi connectivity index (χ3v) is 5.02. The summed E-state index contributed by atoms with van der Waals surface area (Å²) in [5.41, 5.74) is 2.25. The Morgan fingerprint density at radius 1 is 1.27 bits per heavy atom. The minimum atomic E-state index is 0.200. The Balaban J connectivity index is 1.71. The van der Waals surface area contributed by atoms with Gasteiger partial charge in [-0.3, -0.25) is 9.48 Å². The maximum Gasteiger partial charge on any atom is 0.226 e. The van der Waals surface area contributed by atoms with Gasteiger partial charge in [-0.1, -0.05) is 12.2 Å². The molecule has 120 valence electrons. The van der Waals surface area contributed by atoms with Crippen molar-refractivity contribution >= 4 is 5.91 Å². The smallest absolute Gasteiger partial charge is 0.226 e. The number of nitrogens with zero attached hydrogens (tertiary/aromatic N) is 3. The molecule has 0 N–H and O–H groups in total. The van der Waals surface area contributed by atoms with Gasteiger partial charge < -0.3 is 4.90 Å². The van der Waals surface area contributed by atoms with E-state index in [1.165, 1.54) is 12.1 Å². The number of hydrogen-bond acceptors (Lipinski definition) is 2. The normalized spacial score (nSPS) is 25.5. The number of aromatic nitrogens is 2. The number of carbonyl (C=O) groups is 1. The molecule has 2 heterocycles. The molecule has 1 aromatic heterocycles. The zero-order valence-corrected chi connectivity index (χ0v) is 13.8. The summed E-state index contributed by atoms with van der Waals surface area (Å²) >= 11 is 0. The summed E-state index contributed by atoms with van der Waals surface area (Å²) in [5.74, 6) is 0.571. The van der Waals surface area contributed by atoms with Crippen LogP contribution in [0, 0.1) is 19.8 Å². The van der Waals surface area contributed by atoms with Crippen LogP contribution in [0.25, 0.3) is 0 Å².